The minimum atomic E-state index is -0.680. The first-order chi connectivity index (χ1) is 11.5. The molecule has 2 atom stereocenters. The van der Waals surface area contributed by atoms with E-state index < -0.39 is 5.54 Å². The van der Waals surface area contributed by atoms with Gasteiger partial charge in [-0.1, -0.05) is 38.3 Å². The first kappa shape index (κ1) is 17.7. The summed E-state index contributed by atoms with van der Waals surface area (Å²) in [6.07, 6.45) is 3.87. The van der Waals surface area contributed by atoms with Crippen molar-refractivity contribution in [3.63, 3.8) is 0 Å². The van der Waals surface area contributed by atoms with Crippen molar-refractivity contribution in [1.29, 1.82) is 0 Å². The number of nitrogens with zero attached hydrogens (tertiary/aromatic N) is 2. The predicted molar refractivity (Wildman–Crippen MR) is 96.0 cm³/mol. The molecular formula is C17H24ClN3O2S. The SMILES string of the molecule is CCN(Cc1ccc(Cl)s1)CN1C(=O)N[C@]2(CCCC[C@@H]2C)C1=O. The number of hydrogen-bond donors (Lipinski definition) is 1. The number of amides is 3. The maximum absolute atomic E-state index is 13.0. The van der Waals surface area contributed by atoms with Gasteiger partial charge in [0.1, 0.15) is 5.54 Å². The fourth-order valence-electron chi connectivity index (χ4n) is 3.74. The second kappa shape index (κ2) is 7.02. The number of hydrogen-bond acceptors (Lipinski definition) is 4. The molecule has 132 valence electrons. The zero-order chi connectivity index (χ0) is 17.3. The first-order valence-electron chi connectivity index (χ1n) is 8.57. The van der Waals surface area contributed by atoms with E-state index in [0.29, 0.717) is 13.2 Å². The zero-order valence-corrected chi connectivity index (χ0v) is 15.8. The van der Waals surface area contributed by atoms with Gasteiger partial charge in [-0.15, -0.1) is 11.3 Å². The van der Waals surface area contributed by atoms with Crippen LogP contribution in [-0.2, 0) is 11.3 Å². The number of imide groups is 1. The summed E-state index contributed by atoms with van der Waals surface area (Å²) in [6, 6.07) is 3.62. The van der Waals surface area contributed by atoms with Crippen molar-refractivity contribution in [3.05, 3.63) is 21.3 Å². The van der Waals surface area contributed by atoms with E-state index in [1.807, 2.05) is 19.1 Å². The molecule has 3 rings (SSSR count). The highest BCUT2D eigenvalue weighted by molar-refractivity contribution is 7.16. The van der Waals surface area contributed by atoms with Gasteiger partial charge in [0.25, 0.3) is 5.91 Å². The molecule has 1 saturated heterocycles. The third-order valence-corrected chi connectivity index (χ3v) is 6.51. The molecule has 0 aromatic carbocycles. The molecule has 2 aliphatic rings. The first-order valence-corrected chi connectivity index (χ1v) is 9.76. The molecule has 2 heterocycles. The normalized spacial score (nSPS) is 27.3. The Morgan fingerprint density at radius 1 is 1.42 bits per heavy atom. The second-order valence-electron chi connectivity index (χ2n) is 6.77. The Kier molecular flexibility index (Phi) is 5.18. The quantitative estimate of drug-likeness (QED) is 0.805. The van der Waals surface area contributed by atoms with Gasteiger partial charge >= 0.3 is 6.03 Å². The molecule has 1 aromatic heterocycles. The number of carbonyl (C=O) groups excluding carboxylic acids is 2. The van der Waals surface area contributed by atoms with Gasteiger partial charge in [-0.25, -0.2) is 9.69 Å². The van der Waals surface area contributed by atoms with Crippen LogP contribution in [0.25, 0.3) is 0 Å². The summed E-state index contributed by atoms with van der Waals surface area (Å²) in [5.74, 6) is 0.140. The van der Waals surface area contributed by atoms with Gasteiger partial charge in [-0.3, -0.25) is 9.69 Å². The number of urea groups is 1. The largest absolute Gasteiger partial charge is 0.326 e. The molecule has 1 aliphatic carbocycles. The fourth-order valence-corrected chi connectivity index (χ4v) is 4.87. The van der Waals surface area contributed by atoms with Crippen LogP contribution in [0.15, 0.2) is 12.1 Å². The van der Waals surface area contributed by atoms with E-state index >= 15 is 0 Å². The Balaban J connectivity index is 1.71. The van der Waals surface area contributed by atoms with Crippen LogP contribution in [0.2, 0.25) is 4.34 Å². The molecule has 1 saturated carbocycles. The van der Waals surface area contributed by atoms with Gasteiger partial charge in [0.2, 0.25) is 0 Å². The molecule has 1 spiro atoms. The van der Waals surface area contributed by atoms with Crippen LogP contribution in [0.5, 0.6) is 0 Å². The van der Waals surface area contributed by atoms with Gasteiger partial charge < -0.3 is 5.32 Å². The predicted octanol–water partition coefficient (Wildman–Crippen LogP) is 3.68. The summed E-state index contributed by atoms with van der Waals surface area (Å²) in [6.45, 7) is 5.88. The summed E-state index contributed by atoms with van der Waals surface area (Å²) in [4.78, 5) is 30.1. The number of carbonyl (C=O) groups is 2. The summed E-state index contributed by atoms with van der Waals surface area (Å²) < 4.78 is 0.756. The lowest BCUT2D eigenvalue weighted by atomic mass is 9.73. The summed E-state index contributed by atoms with van der Waals surface area (Å²) >= 11 is 7.52. The molecule has 0 unspecified atom stereocenters. The molecule has 3 amide bonds. The molecule has 5 nitrogen and oxygen atoms in total. The minimum Gasteiger partial charge on any atom is -0.323 e. The lowest BCUT2D eigenvalue weighted by Crippen LogP contribution is -2.54. The zero-order valence-electron chi connectivity index (χ0n) is 14.2. The van der Waals surface area contributed by atoms with E-state index in [1.165, 1.54) is 16.2 Å². The highest BCUT2D eigenvalue weighted by atomic mass is 35.5. The maximum Gasteiger partial charge on any atom is 0.326 e. The van der Waals surface area contributed by atoms with Crippen molar-refractivity contribution >= 4 is 34.9 Å². The van der Waals surface area contributed by atoms with Crippen LogP contribution < -0.4 is 5.32 Å². The van der Waals surface area contributed by atoms with Gasteiger partial charge in [0.05, 0.1) is 11.0 Å². The number of halogens is 1. The average Bonchev–Trinajstić information content (AvgIpc) is 3.06. The Bertz CT molecular complexity index is 635. The van der Waals surface area contributed by atoms with E-state index in [-0.39, 0.29) is 17.9 Å². The van der Waals surface area contributed by atoms with E-state index in [1.54, 1.807) is 0 Å². The molecule has 1 aromatic rings. The van der Waals surface area contributed by atoms with Crippen LogP contribution in [0.3, 0.4) is 0 Å². The van der Waals surface area contributed by atoms with Crippen molar-refractivity contribution in [2.75, 3.05) is 13.2 Å². The Morgan fingerprint density at radius 3 is 2.83 bits per heavy atom. The molecular weight excluding hydrogens is 346 g/mol. The Hall–Kier alpha value is -1.11. The minimum absolute atomic E-state index is 0.0534. The van der Waals surface area contributed by atoms with Crippen molar-refractivity contribution in [3.8, 4) is 0 Å². The van der Waals surface area contributed by atoms with Crippen molar-refractivity contribution in [2.45, 2.75) is 51.6 Å². The van der Waals surface area contributed by atoms with Crippen LogP contribution in [0, 0.1) is 5.92 Å². The lowest BCUT2D eigenvalue weighted by Gasteiger charge is -2.37. The van der Waals surface area contributed by atoms with Gasteiger partial charge in [0, 0.05) is 11.4 Å². The highest BCUT2D eigenvalue weighted by Crippen LogP contribution is 2.38. The summed E-state index contributed by atoms with van der Waals surface area (Å²) in [5, 5.41) is 3.01. The number of nitrogens with one attached hydrogen (secondary N) is 1. The van der Waals surface area contributed by atoms with Crippen LogP contribution in [0.4, 0.5) is 4.79 Å². The molecule has 1 N–H and O–H groups in total. The standard InChI is InChI=1S/C17H24ClN3O2S/c1-3-20(10-13-7-8-14(18)24-13)11-21-15(22)17(19-16(21)23)9-5-4-6-12(17)2/h7-8,12H,3-6,9-11H2,1-2H3,(H,19,23)/t12-,17-/m0/s1. The van der Waals surface area contributed by atoms with E-state index in [4.69, 9.17) is 11.6 Å². The Morgan fingerprint density at radius 2 is 2.21 bits per heavy atom. The molecule has 2 fully saturated rings. The monoisotopic (exact) mass is 369 g/mol. The van der Waals surface area contributed by atoms with Crippen LogP contribution in [-0.4, -0.2) is 40.5 Å². The van der Waals surface area contributed by atoms with Crippen molar-refractivity contribution in [2.24, 2.45) is 5.92 Å². The molecule has 1 aliphatic heterocycles. The van der Waals surface area contributed by atoms with Gasteiger partial charge in [-0.2, -0.15) is 0 Å². The molecule has 0 radical (unpaired) electrons. The fraction of sp³-hybridized carbons (Fsp3) is 0.647. The maximum atomic E-state index is 13.0. The smallest absolute Gasteiger partial charge is 0.323 e. The van der Waals surface area contributed by atoms with E-state index in [0.717, 1.165) is 41.4 Å². The molecule has 7 heteroatoms. The average molecular weight is 370 g/mol. The second-order valence-corrected chi connectivity index (χ2v) is 8.57. The Labute approximate surface area is 152 Å². The number of rotatable bonds is 5. The van der Waals surface area contributed by atoms with Gasteiger partial charge in [-0.05, 0) is 37.4 Å². The number of thiophene rings is 1. The molecule has 24 heavy (non-hydrogen) atoms. The van der Waals surface area contributed by atoms with Crippen molar-refractivity contribution < 1.29 is 9.59 Å². The molecule has 0 bridgehead atoms. The van der Waals surface area contributed by atoms with E-state index in [2.05, 4.69) is 17.1 Å². The summed E-state index contributed by atoms with van der Waals surface area (Å²) in [5.41, 5.74) is -0.680. The lowest BCUT2D eigenvalue weighted by molar-refractivity contribution is -0.135. The van der Waals surface area contributed by atoms with Crippen LogP contribution in [0.1, 0.15) is 44.4 Å². The summed E-state index contributed by atoms with van der Waals surface area (Å²) in [7, 11) is 0. The third kappa shape index (κ3) is 3.19. The highest BCUT2D eigenvalue weighted by Gasteiger charge is 2.54. The third-order valence-electron chi connectivity index (χ3n) is 5.30. The van der Waals surface area contributed by atoms with E-state index in [9.17, 15) is 9.59 Å². The topological polar surface area (TPSA) is 52.6 Å². The van der Waals surface area contributed by atoms with Gasteiger partial charge in [0.15, 0.2) is 0 Å². The van der Waals surface area contributed by atoms with Crippen LogP contribution >= 0.6 is 22.9 Å². The van der Waals surface area contributed by atoms with Crippen molar-refractivity contribution in [1.82, 2.24) is 15.1 Å².